The van der Waals surface area contributed by atoms with Crippen molar-refractivity contribution < 1.29 is 9.84 Å². The predicted octanol–water partition coefficient (Wildman–Crippen LogP) is 3.74. The summed E-state index contributed by atoms with van der Waals surface area (Å²) in [7, 11) is 0. The van der Waals surface area contributed by atoms with Gasteiger partial charge in [-0.3, -0.25) is 4.98 Å². The molecule has 2 atom stereocenters. The number of benzene rings is 1. The Morgan fingerprint density at radius 1 is 1.26 bits per heavy atom. The molecule has 2 rings (SSSR count). The van der Waals surface area contributed by atoms with Crippen LogP contribution < -0.4 is 4.74 Å². The van der Waals surface area contributed by atoms with Crippen LogP contribution in [-0.2, 0) is 0 Å². The fourth-order valence-electron chi connectivity index (χ4n) is 1.82. The van der Waals surface area contributed by atoms with Gasteiger partial charge in [0.25, 0.3) is 0 Å². The lowest BCUT2D eigenvalue weighted by molar-refractivity contribution is 0.105. The van der Waals surface area contributed by atoms with Crippen LogP contribution in [-0.4, -0.2) is 16.2 Å². The van der Waals surface area contributed by atoms with Gasteiger partial charge in [0.05, 0.1) is 10.6 Å². The Morgan fingerprint density at radius 3 is 2.68 bits per heavy atom. The van der Waals surface area contributed by atoms with Gasteiger partial charge in [0, 0.05) is 24.4 Å². The topological polar surface area (TPSA) is 42.4 Å². The van der Waals surface area contributed by atoms with E-state index in [-0.39, 0.29) is 6.10 Å². The second kappa shape index (κ2) is 6.68. The van der Waals surface area contributed by atoms with Crippen LogP contribution in [0.2, 0.25) is 0 Å². The molecule has 3 nitrogen and oxygen atoms in total. The lowest BCUT2D eigenvalue weighted by Crippen LogP contribution is -2.14. The van der Waals surface area contributed by atoms with Crippen molar-refractivity contribution >= 4 is 15.9 Å². The van der Waals surface area contributed by atoms with E-state index >= 15 is 0 Å². The van der Waals surface area contributed by atoms with Crippen molar-refractivity contribution in [1.29, 1.82) is 0 Å². The predicted molar refractivity (Wildman–Crippen MR) is 78.0 cm³/mol. The number of halogens is 1. The highest BCUT2D eigenvalue weighted by molar-refractivity contribution is 9.10. The average Bonchev–Trinajstić information content (AvgIpc) is 2.41. The van der Waals surface area contributed by atoms with Crippen molar-refractivity contribution in [3.8, 4) is 5.75 Å². The number of nitrogens with zero attached hydrogens (tertiary/aromatic N) is 1. The molecule has 4 heteroatoms. The van der Waals surface area contributed by atoms with Gasteiger partial charge < -0.3 is 9.84 Å². The van der Waals surface area contributed by atoms with Crippen molar-refractivity contribution in [1.82, 2.24) is 4.98 Å². The maximum Gasteiger partial charge on any atom is 0.134 e. The highest BCUT2D eigenvalue weighted by Crippen LogP contribution is 2.31. The quantitative estimate of drug-likeness (QED) is 0.912. The number of hydrogen-bond acceptors (Lipinski definition) is 3. The molecule has 19 heavy (non-hydrogen) atoms. The first-order chi connectivity index (χ1) is 9.16. The standard InChI is InChI=1S/C15H16BrNO2/c1-11(18)9-15(12-5-4-8-17-10-12)19-14-7-3-2-6-13(14)16/h2-8,10-11,15,18H,9H2,1H3. The molecule has 2 unspecified atom stereocenters. The summed E-state index contributed by atoms with van der Waals surface area (Å²) in [5.74, 6) is 0.761. The Balaban J connectivity index is 2.22. The molecule has 0 radical (unpaired) electrons. The number of pyridine rings is 1. The summed E-state index contributed by atoms with van der Waals surface area (Å²) in [6.07, 6.45) is 3.36. The lowest BCUT2D eigenvalue weighted by atomic mass is 10.1. The maximum atomic E-state index is 9.62. The number of para-hydroxylation sites is 1. The van der Waals surface area contributed by atoms with Crippen molar-refractivity contribution in [3.05, 3.63) is 58.8 Å². The van der Waals surface area contributed by atoms with E-state index < -0.39 is 6.10 Å². The molecule has 0 saturated heterocycles. The van der Waals surface area contributed by atoms with Gasteiger partial charge in [-0.15, -0.1) is 0 Å². The molecule has 1 aromatic heterocycles. The molecule has 0 aliphatic rings. The SMILES string of the molecule is CC(O)CC(Oc1ccccc1Br)c1cccnc1. The molecule has 1 N–H and O–H groups in total. The third kappa shape index (κ3) is 4.04. The first kappa shape index (κ1) is 14.0. The van der Waals surface area contributed by atoms with Crippen molar-refractivity contribution in [3.63, 3.8) is 0 Å². The lowest BCUT2D eigenvalue weighted by Gasteiger charge is -2.21. The Hall–Kier alpha value is -1.39. The smallest absolute Gasteiger partial charge is 0.134 e. The zero-order chi connectivity index (χ0) is 13.7. The summed E-state index contributed by atoms with van der Waals surface area (Å²) in [6.45, 7) is 1.76. The molecule has 0 saturated carbocycles. The van der Waals surface area contributed by atoms with Crippen molar-refractivity contribution in [2.45, 2.75) is 25.6 Å². The van der Waals surface area contributed by atoms with E-state index in [0.717, 1.165) is 15.8 Å². The Labute approximate surface area is 121 Å². The molecular formula is C15H16BrNO2. The molecule has 1 heterocycles. The Bertz CT molecular complexity index is 517. The molecule has 0 spiro atoms. The van der Waals surface area contributed by atoms with Gasteiger partial charge in [-0.05, 0) is 41.1 Å². The fourth-order valence-corrected chi connectivity index (χ4v) is 2.20. The van der Waals surface area contributed by atoms with E-state index in [1.807, 2.05) is 36.4 Å². The number of hydrogen-bond donors (Lipinski definition) is 1. The van der Waals surface area contributed by atoms with Gasteiger partial charge in [-0.1, -0.05) is 18.2 Å². The summed E-state index contributed by atoms with van der Waals surface area (Å²) < 4.78 is 6.89. The summed E-state index contributed by atoms with van der Waals surface area (Å²) in [4.78, 5) is 4.10. The van der Waals surface area contributed by atoms with Gasteiger partial charge in [-0.25, -0.2) is 0 Å². The van der Waals surface area contributed by atoms with E-state index in [1.54, 1.807) is 19.3 Å². The second-order valence-corrected chi connectivity index (χ2v) is 5.26. The van der Waals surface area contributed by atoms with Gasteiger partial charge in [-0.2, -0.15) is 0 Å². The van der Waals surface area contributed by atoms with Crippen LogP contribution in [0.25, 0.3) is 0 Å². The van der Waals surface area contributed by atoms with Gasteiger partial charge in [0.1, 0.15) is 11.9 Å². The zero-order valence-electron chi connectivity index (χ0n) is 10.7. The molecule has 0 fully saturated rings. The van der Waals surface area contributed by atoms with Crippen LogP contribution in [0.15, 0.2) is 53.3 Å². The third-order valence-electron chi connectivity index (χ3n) is 2.72. The van der Waals surface area contributed by atoms with Crippen LogP contribution in [0.4, 0.5) is 0 Å². The van der Waals surface area contributed by atoms with Gasteiger partial charge in [0.2, 0.25) is 0 Å². The highest BCUT2D eigenvalue weighted by Gasteiger charge is 2.17. The van der Waals surface area contributed by atoms with Crippen LogP contribution in [0.5, 0.6) is 5.75 Å². The monoisotopic (exact) mass is 321 g/mol. The largest absolute Gasteiger partial charge is 0.484 e. The number of aliphatic hydroxyl groups excluding tert-OH is 1. The van der Waals surface area contributed by atoms with E-state index in [9.17, 15) is 5.11 Å². The van der Waals surface area contributed by atoms with Crippen molar-refractivity contribution in [2.75, 3.05) is 0 Å². The minimum atomic E-state index is -0.437. The van der Waals surface area contributed by atoms with Crippen LogP contribution in [0.3, 0.4) is 0 Å². The normalized spacial score (nSPS) is 13.8. The number of aromatic nitrogens is 1. The minimum absolute atomic E-state index is 0.215. The van der Waals surface area contributed by atoms with E-state index in [0.29, 0.717) is 6.42 Å². The van der Waals surface area contributed by atoms with Crippen LogP contribution in [0, 0.1) is 0 Å². The number of rotatable bonds is 5. The average molecular weight is 322 g/mol. The van der Waals surface area contributed by atoms with Crippen LogP contribution >= 0.6 is 15.9 Å². The Morgan fingerprint density at radius 2 is 2.05 bits per heavy atom. The molecule has 0 amide bonds. The Kier molecular flexibility index (Phi) is 4.93. The number of ether oxygens (including phenoxy) is 1. The molecule has 0 aliphatic carbocycles. The molecule has 2 aromatic rings. The van der Waals surface area contributed by atoms with Gasteiger partial charge in [0.15, 0.2) is 0 Å². The van der Waals surface area contributed by atoms with E-state index in [1.165, 1.54) is 0 Å². The molecule has 100 valence electrons. The first-order valence-electron chi connectivity index (χ1n) is 6.16. The molecule has 0 aliphatic heterocycles. The highest BCUT2D eigenvalue weighted by atomic mass is 79.9. The zero-order valence-corrected chi connectivity index (χ0v) is 12.2. The van der Waals surface area contributed by atoms with Crippen LogP contribution in [0.1, 0.15) is 25.0 Å². The minimum Gasteiger partial charge on any atom is -0.484 e. The van der Waals surface area contributed by atoms with Gasteiger partial charge >= 0.3 is 0 Å². The summed E-state index contributed by atoms with van der Waals surface area (Å²) in [5.41, 5.74) is 0.958. The third-order valence-corrected chi connectivity index (χ3v) is 3.37. The van der Waals surface area contributed by atoms with E-state index in [4.69, 9.17) is 4.74 Å². The molecule has 0 bridgehead atoms. The molecule has 1 aromatic carbocycles. The first-order valence-corrected chi connectivity index (χ1v) is 6.95. The van der Waals surface area contributed by atoms with Crippen molar-refractivity contribution in [2.24, 2.45) is 0 Å². The summed E-state index contributed by atoms with van der Waals surface area (Å²) in [6, 6.07) is 11.5. The van der Waals surface area contributed by atoms with E-state index in [2.05, 4.69) is 20.9 Å². The second-order valence-electron chi connectivity index (χ2n) is 4.41. The summed E-state index contributed by atoms with van der Waals surface area (Å²) in [5, 5.41) is 9.62. The summed E-state index contributed by atoms with van der Waals surface area (Å²) >= 11 is 3.46. The maximum absolute atomic E-state index is 9.62. The fraction of sp³-hybridized carbons (Fsp3) is 0.267. The molecular weight excluding hydrogens is 306 g/mol. The number of aliphatic hydroxyl groups is 1.